The summed E-state index contributed by atoms with van der Waals surface area (Å²) in [4.78, 5) is 2.84. The highest BCUT2D eigenvalue weighted by atomic mass is 16.5. The van der Waals surface area contributed by atoms with E-state index in [2.05, 4.69) is 17.1 Å². The summed E-state index contributed by atoms with van der Waals surface area (Å²) < 4.78 is 5.53. The Balaban J connectivity index is 1.64. The predicted octanol–water partition coefficient (Wildman–Crippen LogP) is 2.16. The van der Waals surface area contributed by atoms with E-state index in [0.29, 0.717) is 0 Å². The highest BCUT2D eigenvalue weighted by Gasteiger charge is 2.37. The summed E-state index contributed by atoms with van der Waals surface area (Å²) in [5.74, 6) is 0. The van der Waals surface area contributed by atoms with Gasteiger partial charge in [0.15, 0.2) is 0 Å². The summed E-state index contributed by atoms with van der Waals surface area (Å²) >= 11 is 0. The van der Waals surface area contributed by atoms with E-state index in [4.69, 9.17) is 4.74 Å². The van der Waals surface area contributed by atoms with Crippen molar-refractivity contribution >= 4 is 0 Å². The lowest BCUT2D eigenvalue weighted by molar-refractivity contribution is 0.00653. The van der Waals surface area contributed by atoms with E-state index in [1.54, 1.807) is 0 Å². The lowest BCUT2D eigenvalue weighted by Gasteiger charge is -2.43. The minimum atomic E-state index is 0.793. The number of fused-ring (bicyclic) bond motifs is 2. The second-order valence-corrected chi connectivity index (χ2v) is 6.34. The topological polar surface area (TPSA) is 24.5 Å². The fourth-order valence-corrected chi connectivity index (χ4v) is 4.24. The van der Waals surface area contributed by atoms with Gasteiger partial charge in [0.05, 0.1) is 0 Å². The molecule has 1 N–H and O–H groups in total. The standard InChI is InChI=1S/C15H28N2O/c1-2-7-17(14-5-8-18-9-6-14)15-10-12-3-4-13(11-15)16-12/h12-16H,2-11H2,1H3. The van der Waals surface area contributed by atoms with Crippen molar-refractivity contribution in [1.82, 2.24) is 10.2 Å². The van der Waals surface area contributed by atoms with Crippen LogP contribution in [0.25, 0.3) is 0 Å². The Hall–Kier alpha value is -0.120. The Bertz CT molecular complexity index is 253. The van der Waals surface area contributed by atoms with Crippen molar-refractivity contribution in [2.45, 2.75) is 76.0 Å². The van der Waals surface area contributed by atoms with E-state index in [9.17, 15) is 0 Å². The van der Waals surface area contributed by atoms with Crippen molar-refractivity contribution in [2.24, 2.45) is 0 Å². The molecule has 18 heavy (non-hydrogen) atoms. The Labute approximate surface area is 111 Å². The fraction of sp³-hybridized carbons (Fsp3) is 1.00. The molecule has 3 heterocycles. The third kappa shape index (κ3) is 2.73. The molecule has 0 spiro atoms. The van der Waals surface area contributed by atoms with E-state index in [1.165, 1.54) is 51.5 Å². The molecule has 2 atom stereocenters. The first-order valence-electron chi connectivity index (χ1n) is 7.96. The quantitative estimate of drug-likeness (QED) is 0.830. The van der Waals surface area contributed by atoms with Gasteiger partial charge in [0, 0.05) is 37.4 Å². The van der Waals surface area contributed by atoms with Crippen molar-refractivity contribution in [3.63, 3.8) is 0 Å². The van der Waals surface area contributed by atoms with E-state index >= 15 is 0 Å². The first-order valence-corrected chi connectivity index (χ1v) is 7.96. The summed E-state index contributed by atoms with van der Waals surface area (Å²) in [6, 6.07) is 3.26. The molecule has 3 rings (SSSR count). The number of nitrogens with one attached hydrogen (secondary N) is 1. The largest absolute Gasteiger partial charge is 0.381 e. The van der Waals surface area contributed by atoms with Gasteiger partial charge in [-0.25, -0.2) is 0 Å². The molecule has 0 aromatic rings. The summed E-state index contributed by atoms with van der Waals surface area (Å²) in [5, 5.41) is 3.77. The van der Waals surface area contributed by atoms with Crippen LogP contribution in [0.2, 0.25) is 0 Å². The predicted molar refractivity (Wildman–Crippen MR) is 73.8 cm³/mol. The van der Waals surface area contributed by atoms with Crippen molar-refractivity contribution in [3.05, 3.63) is 0 Å². The van der Waals surface area contributed by atoms with E-state index in [0.717, 1.165) is 37.4 Å². The number of ether oxygens (including phenoxy) is 1. The van der Waals surface area contributed by atoms with Crippen LogP contribution in [0.1, 0.15) is 51.9 Å². The first-order chi connectivity index (χ1) is 8.86. The first kappa shape index (κ1) is 12.9. The number of piperidine rings is 1. The molecule has 3 heteroatoms. The van der Waals surface area contributed by atoms with E-state index < -0.39 is 0 Å². The molecule has 104 valence electrons. The van der Waals surface area contributed by atoms with E-state index in [-0.39, 0.29) is 0 Å². The molecule has 0 amide bonds. The Morgan fingerprint density at radius 1 is 1.00 bits per heavy atom. The monoisotopic (exact) mass is 252 g/mol. The van der Waals surface area contributed by atoms with Crippen LogP contribution in [0.3, 0.4) is 0 Å². The van der Waals surface area contributed by atoms with Gasteiger partial charge in [0.2, 0.25) is 0 Å². The zero-order chi connectivity index (χ0) is 12.4. The summed E-state index contributed by atoms with van der Waals surface area (Å²) in [5.41, 5.74) is 0. The zero-order valence-electron chi connectivity index (χ0n) is 11.7. The molecule has 0 aromatic heterocycles. The molecule has 0 radical (unpaired) electrons. The number of hydrogen-bond donors (Lipinski definition) is 1. The molecule has 0 aromatic carbocycles. The second-order valence-electron chi connectivity index (χ2n) is 6.34. The molecule has 3 saturated heterocycles. The third-order valence-electron chi connectivity index (χ3n) is 5.06. The second kappa shape index (κ2) is 5.89. The van der Waals surface area contributed by atoms with Gasteiger partial charge in [-0.1, -0.05) is 6.92 Å². The van der Waals surface area contributed by atoms with Crippen LogP contribution in [0.15, 0.2) is 0 Å². The number of rotatable bonds is 4. The van der Waals surface area contributed by atoms with Crippen molar-refractivity contribution < 1.29 is 4.74 Å². The smallest absolute Gasteiger partial charge is 0.0480 e. The van der Waals surface area contributed by atoms with E-state index in [1.807, 2.05) is 0 Å². The number of hydrogen-bond acceptors (Lipinski definition) is 3. The molecular weight excluding hydrogens is 224 g/mol. The van der Waals surface area contributed by atoms with Crippen molar-refractivity contribution in [2.75, 3.05) is 19.8 Å². The van der Waals surface area contributed by atoms with Crippen molar-refractivity contribution in [1.29, 1.82) is 0 Å². The Morgan fingerprint density at radius 2 is 1.67 bits per heavy atom. The van der Waals surface area contributed by atoms with Gasteiger partial charge in [-0.2, -0.15) is 0 Å². The molecule has 3 aliphatic rings. The maximum absolute atomic E-state index is 5.53. The van der Waals surface area contributed by atoms with Gasteiger partial charge in [-0.15, -0.1) is 0 Å². The Kier molecular flexibility index (Phi) is 4.22. The molecule has 2 bridgehead atoms. The molecule has 0 aliphatic carbocycles. The average Bonchev–Trinajstić information content (AvgIpc) is 2.76. The van der Waals surface area contributed by atoms with Gasteiger partial charge in [-0.05, 0) is 51.5 Å². The lowest BCUT2D eigenvalue weighted by Crippen LogP contribution is -2.52. The molecule has 3 fully saturated rings. The van der Waals surface area contributed by atoms with Gasteiger partial charge < -0.3 is 10.1 Å². The minimum Gasteiger partial charge on any atom is -0.381 e. The lowest BCUT2D eigenvalue weighted by atomic mass is 9.94. The maximum atomic E-state index is 5.53. The van der Waals surface area contributed by atoms with Crippen LogP contribution in [-0.2, 0) is 4.74 Å². The maximum Gasteiger partial charge on any atom is 0.0480 e. The molecule has 3 aliphatic heterocycles. The minimum absolute atomic E-state index is 0.793. The summed E-state index contributed by atoms with van der Waals surface area (Å²) in [6.07, 6.45) is 9.38. The van der Waals surface area contributed by atoms with Gasteiger partial charge in [-0.3, -0.25) is 4.90 Å². The van der Waals surface area contributed by atoms with Crippen LogP contribution in [-0.4, -0.2) is 48.8 Å². The highest BCUT2D eigenvalue weighted by molar-refractivity contribution is 4.97. The van der Waals surface area contributed by atoms with Gasteiger partial charge in [0.25, 0.3) is 0 Å². The SMILES string of the molecule is CCCN(C1CCOCC1)C1CC2CCC(C1)N2. The molecular formula is C15H28N2O. The third-order valence-corrected chi connectivity index (χ3v) is 5.06. The van der Waals surface area contributed by atoms with Crippen LogP contribution in [0.5, 0.6) is 0 Å². The van der Waals surface area contributed by atoms with Crippen molar-refractivity contribution in [3.8, 4) is 0 Å². The molecule has 2 unspecified atom stereocenters. The van der Waals surface area contributed by atoms with Crippen LogP contribution >= 0.6 is 0 Å². The zero-order valence-corrected chi connectivity index (χ0v) is 11.7. The Morgan fingerprint density at radius 3 is 2.28 bits per heavy atom. The fourth-order valence-electron chi connectivity index (χ4n) is 4.24. The molecule has 3 nitrogen and oxygen atoms in total. The van der Waals surface area contributed by atoms with Crippen LogP contribution < -0.4 is 5.32 Å². The molecule has 0 saturated carbocycles. The van der Waals surface area contributed by atoms with Crippen LogP contribution in [0, 0.1) is 0 Å². The normalized spacial score (nSPS) is 37.3. The summed E-state index contributed by atoms with van der Waals surface area (Å²) in [6.45, 7) is 5.56. The average molecular weight is 252 g/mol. The number of nitrogens with zero attached hydrogens (tertiary/aromatic N) is 1. The van der Waals surface area contributed by atoms with Gasteiger partial charge in [0.1, 0.15) is 0 Å². The summed E-state index contributed by atoms with van der Waals surface area (Å²) in [7, 11) is 0. The van der Waals surface area contributed by atoms with Gasteiger partial charge >= 0.3 is 0 Å². The van der Waals surface area contributed by atoms with Crippen LogP contribution in [0.4, 0.5) is 0 Å². The highest BCUT2D eigenvalue weighted by Crippen LogP contribution is 2.32.